The van der Waals surface area contributed by atoms with Gasteiger partial charge in [0, 0.05) is 42.8 Å². The summed E-state index contributed by atoms with van der Waals surface area (Å²) in [6.45, 7) is 3.23. The van der Waals surface area contributed by atoms with Gasteiger partial charge in [-0.1, -0.05) is 0 Å². The molecule has 0 bridgehead atoms. The maximum atomic E-state index is 12.9. The molecule has 9 nitrogen and oxygen atoms in total. The van der Waals surface area contributed by atoms with Crippen molar-refractivity contribution in [3.05, 3.63) is 64.8 Å². The fourth-order valence-corrected chi connectivity index (χ4v) is 3.37. The topological polar surface area (TPSA) is 109 Å². The van der Waals surface area contributed by atoms with Crippen LogP contribution in [-0.4, -0.2) is 48.0 Å². The van der Waals surface area contributed by atoms with E-state index in [2.05, 4.69) is 25.5 Å². The molecule has 3 aromatic rings. The standard InChI is InChI=1S/C19H19F2N7O2/c1-11-22-4-6-27(11)7-5-24-18(29)16-13-9-28(10-15(13)25-26-16)19(30)12-2-3-23-14(8-12)17(20)21/h2-4,6,8,17H,5,7,9-10H2,1H3,(H,24,29)(H,25,26). The second-order valence-corrected chi connectivity index (χ2v) is 6.88. The maximum absolute atomic E-state index is 12.9. The van der Waals surface area contributed by atoms with Gasteiger partial charge in [0.25, 0.3) is 18.2 Å². The number of imidazole rings is 1. The van der Waals surface area contributed by atoms with E-state index in [-0.39, 0.29) is 30.3 Å². The van der Waals surface area contributed by atoms with Crippen LogP contribution in [0, 0.1) is 6.92 Å². The number of aromatic nitrogens is 5. The zero-order valence-electron chi connectivity index (χ0n) is 16.1. The van der Waals surface area contributed by atoms with Crippen LogP contribution in [-0.2, 0) is 19.6 Å². The summed E-state index contributed by atoms with van der Waals surface area (Å²) >= 11 is 0. The largest absolute Gasteiger partial charge is 0.349 e. The fraction of sp³-hybridized carbons (Fsp3) is 0.316. The SMILES string of the molecule is Cc1nccn1CCNC(=O)c1n[nH]c2c1CN(C(=O)c1ccnc(C(F)F)c1)C2. The number of alkyl halides is 2. The number of rotatable bonds is 6. The van der Waals surface area contributed by atoms with Crippen molar-refractivity contribution in [3.63, 3.8) is 0 Å². The number of amides is 2. The molecule has 1 aliphatic heterocycles. The van der Waals surface area contributed by atoms with E-state index in [1.165, 1.54) is 17.2 Å². The normalized spacial score (nSPS) is 13.0. The number of aromatic amines is 1. The monoisotopic (exact) mass is 415 g/mol. The molecule has 156 valence electrons. The molecule has 0 aromatic carbocycles. The highest BCUT2D eigenvalue weighted by atomic mass is 19.3. The average molecular weight is 415 g/mol. The van der Waals surface area contributed by atoms with Crippen LogP contribution in [0.15, 0.2) is 30.7 Å². The molecule has 4 rings (SSSR count). The summed E-state index contributed by atoms with van der Waals surface area (Å²) < 4.78 is 27.6. The van der Waals surface area contributed by atoms with Gasteiger partial charge in [0.05, 0.1) is 18.8 Å². The van der Waals surface area contributed by atoms with Crippen LogP contribution in [0.5, 0.6) is 0 Å². The number of halogens is 2. The Kier molecular flexibility index (Phi) is 5.25. The first kappa shape index (κ1) is 19.7. The van der Waals surface area contributed by atoms with Crippen molar-refractivity contribution < 1.29 is 18.4 Å². The number of aryl methyl sites for hydroxylation is 1. The van der Waals surface area contributed by atoms with Gasteiger partial charge in [0.15, 0.2) is 5.69 Å². The van der Waals surface area contributed by atoms with Gasteiger partial charge >= 0.3 is 0 Å². The molecule has 11 heteroatoms. The molecule has 0 saturated heterocycles. The van der Waals surface area contributed by atoms with E-state index in [0.717, 1.165) is 11.9 Å². The summed E-state index contributed by atoms with van der Waals surface area (Å²) in [5, 5.41) is 9.68. The van der Waals surface area contributed by atoms with Gasteiger partial charge in [-0.3, -0.25) is 19.7 Å². The Labute approximate surface area is 170 Å². The molecule has 30 heavy (non-hydrogen) atoms. The van der Waals surface area contributed by atoms with Crippen molar-refractivity contribution in [3.8, 4) is 0 Å². The Morgan fingerprint density at radius 1 is 1.27 bits per heavy atom. The first-order chi connectivity index (χ1) is 14.4. The quantitative estimate of drug-likeness (QED) is 0.639. The predicted octanol–water partition coefficient (Wildman–Crippen LogP) is 1.83. The highest BCUT2D eigenvalue weighted by Crippen LogP contribution is 2.26. The van der Waals surface area contributed by atoms with Gasteiger partial charge in [0.2, 0.25) is 0 Å². The number of carbonyl (C=O) groups excluding carboxylic acids is 2. The minimum atomic E-state index is -2.75. The number of nitrogens with one attached hydrogen (secondary N) is 2. The number of carbonyl (C=O) groups is 2. The van der Waals surface area contributed by atoms with Crippen molar-refractivity contribution in [2.24, 2.45) is 0 Å². The Hall–Kier alpha value is -3.63. The van der Waals surface area contributed by atoms with E-state index in [0.29, 0.717) is 24.3 Å². The van der Waals surface area contributed by atoms with Crippen LogP contribution in [0.4, 0.5) is 8.78 Å². The molecular weight excluding hydrogens is 396 g/mol. The van der Waals surface area contributed by atoms with E-state index in [9.17, 15) is 18.4 Å². The Morgan fingerprint density at radius 2 is 2.10 bits per heavy atom. The lowest BCUT2D eigenvalue weighted by Crippen LogP contribution is -2.29. The van der Waals surface area contributed by atoms with Crippen molar-refractivity contribution >= 4 is 11.8 Å². The number of hydrogen-bond donors (Lipinski definition) is 2. The van der Waals surface area contributed by atoms with Gasteiger partial charge in [-0.05, 0) is 19.1 Å². The molecule has 0 unspecified atom stereocenters. The smallest absolute Gasteiger partial charge is 0.280 e. The van der Waals surface area contributed by atoms with Crippen molar-refractivity contribution in [1.82, 2.24) is 34.9 Å². The maximum Gasteiger partial charge on any atom is 0.280 e. The van der Waals surface area contributed by atoms with Crippen LogP contribution in [0.25, 0.3) is 0 Å². The molecule has 0 radical (unpaired) electrons. The molecule has 0 fully saturated rings. The number of nitrogens with zero attached hydrogens (tertiary/aromatic N) is 5. The van der Waals surface area contributed by atoms with Gasteiger partial charge in [-0.25, -0.2) is 13.8 Å². The van der Waals surface area contributed by atoms with Crippen molar-refractivity contribution in [1.29, 1.82) is 0 Å². The molecule has 2 N–H and O–H groups in total. The number of hydrogen-bond acceptors (Lipinski definition) is 5. The fourth-order valence-electron chi connectivity index (χ4n) is 3.37. The first-order valence-corrected chi connectivity index (χ1v) is 9.29. The van der Waals surface area contributed by atoms with E-state index in [1.54, 1.807) is 6.20 Å². The molecule has 0 aliphatic carbocycles. The Bertz CT molecular complexity index is 1090. The van der Waals surface area contributed by atoms with Crippen molar-refractivity contribution in [2.75, 3.05) is 6.54 Å². The summed E-state index contributed by atoms with van der Waals surface area (Å²) in [5.41, 5.74) is 1.18. The highest BCUT2D eigenvalue weighted by Gasteiger charge is 2.31. The molecule has 0 saturated carbocycles. The molecule has 0 atom stereocenters. The van der Waals surface area contributed by atoms with Crippen molar-refractivity contribution in [2.45, 2.75) is 33.0 Å². The molecule has 4 heterocycles. The molecule has 3 aromatic heterocycles. The number of H-pyrrole nitrogens is 1. The third kappa shape index (κ3) is 3.78. The zero-order valence-corrected chi connectivity index (χ0v) is 16.1. The van der Waals surface area contributed by atoms with Crippen LogP contribution >= 0.6 is 0 Å². The summed E-state index contributed by atoms with van der Waals surface area (Å²) in [6.07, 6.45) is 1.95. The van der Waals surface area contributed by atoms with E-state index in [4.69, 9.17) is 0 Å². The summed E-state index contributed by atoms with van der Waals surface area (Å²) in [4.78, 5) is 34.4. The van der Waals surface area contributed by atoms with Gasteiger partial charge in [0.1, 0.15) is 11.5 Å². The Balaban J connectivity index is 1.40. The third-order valence-corrected chi connectivity index (χ3v) is 4.97. The van der Waals surface area contributed by atoms with Crippen LogP contribution in [0.1, 0.15) is 50.0 Å². The van der Waals surface area contributed by atoms with Gasteiger partial charge in [-0.15, -0.1) is 0 Å². The van der Waals surface area contributed by atoms with Crippen LogP contribution in [0.3, 0.4) is 0 Å². The van der Waals surface area contributed by atoms with Gasteiger partial charge < -0.3 is 14.8 Å². The second kappa shape index (κ2) is 8.01. The van der Waals surface area contributed by atoms with Gasteiger partial charge in [-0.2, -0.15) is 5.10 Å². The second-order valence-electron chi connectivity index (χ2n) is 6.88. The highest BCUT2D eigenvalue weighted by molar-refractivity contribution is 5.96. The Morgan fingerprint density at radius 3 is 2.83 bits per heavy atom. The number of pyridine rings is 1. The lowest BCUT2D eigenvalue weighted by Gasteiger charge is -2.16. The summed E-state index contributed by atoms with van der Waals surface area (Å²) in [5.74, 6) is 0.0967. The molecule has 2 amide bonds. The molecular formula is C19H19F2N7O2. The molecule has 1 aliphatic rings. The summed E-state index contributed by atoms with van der Waals surface area (Å²) in [7, 11) is 0. The summed E-state index contributed by atoms with van der Waals surface area (Å²) in [6, 6.07) is 2.48. The van der Waals surface area contributed by atoms with E-state index < -0.39 is 18.0 Å². The van der Waals surface area contributed by atoms with E-state index in [1.807, 2.05) is 17.7 Å². The van der Waals surface area contributed by atoms with Crippen LogP contribution in [0.2, 0.25) is 0 Å². The lowest BCUT2D eigenvalue weighted by molar-refractivity contribution is 0.0746. The minimum Gasteiger partial charge on any atom is -0.349 e. The zero-order chi connectivity index (χ0) is 21.3. The predicted molar refractivity (Wildman–Crippen MR) is 101 cm³/mol. The number of fused-ring (bicyclic) bond motifs is 1. The first-order valence-electron chi connectivity index (χ1n) is 9.29. The average Bonchev–Trinajstić information content (AvgIpc) is 3.43. The van der Waals surface area contributed by atoms with E-state index >= 15 is 0 Å². The lowest BCUT2D eigenvalue weighted by atomic mass is 10.2. The minimum absolute atomic E-state index is 0.125. The van der Waals surface area contributed by atoms with Crippen LogP contribution < -0.4 is 5.32 Å². The molecule has 0 spiro atoms. The third-order valence-electron chi connectivity index (χ3n) is 4.97.